The first-order valence-electron chi connectivity index (χ1n) is 7.42. The van der Waals surface area contributed by atoms with Gasteiger partial charge in [-0.05, 0) is 26.0 Å². The minimum absolute atomic E-state index is 0.0652. The Morgan fingerprint density at radius 3 is 2.74 bits per heavy atom. The molecule has 1 N–H and O–H groups in total. The standard InChI is InChI=1S/C17H21ClN2O3/c1-17(2,22)11-20(3)16(21)9-8-15-19-10-14(23-15)12-6-4-5-7-13(12)18/h4-7,10,22H,8-9,11H2,1-3H3. The topological polar surface area (TPSA) is 66.6 Å². The average Bonchev–Trinajstić information content (AvgIpc) is 2.92. The van der Waals surface area contributed by atoms with Crippen LogP contribution in [0.3, 0.4) is 0 Å². The maximum absolute atomic E-state index is 12.0. The van der Waals surface area contributed by atoms with Gasteiger partial charge in [-0.3, -0.25) is 4.79 Å². The van der Waals surface area contributed by atoms with Crippen LogP contribution in [-0.4, -0.2) is 40.1 Å². The summed E-state index contributed by atoms with van der Waals surface area (Å²) in [7, 11) is 1.67. The number of aliphatic hydroxyl groups is 1. The summed E-state index contributed by atoms with van der Waals surface area (Å²) in [6.45, 7) is 3.61. The third-order valence-electron chi connectivity index (χ3n) is 3.30. The summed E-state index contributed by atoms with van der Waals surface area (Å²) in [4.78, 5) is 17.8. The molecule has 2 aromatic rings. The first-order valence-corrected chi connectivity index (χ1v) is 7.80. The number of halogens is 1. The van der Waals surface area contributed by atoms with Gasteiger partial charge in [0.05, 0.1) is 16.8 Å². The molecule has 0 aliphatic heterocycles. The molecule has 0 fully saturated rings. The fourth-order valence-corrected chi connectivity index (χ4v) is 2.51. The molecule has 2 rings (SSSR count). The summed E-state index contributed by atoms with van der Waals surface area (Å²) >= 11 is 6.13. The van der Waals surface area contributed by atoms with E-state index in [1.165, 1.54) is 4.90 Å². The number of likely N-dealkylation sites (N-methyl/N-ethyl adjacent to an activating group) is 1. The van der Waals surface area contributed by atoms with Gasteiger partial charge in [-0.1, -0.05) is 23.7 Å². The van der Waals surface area contributed by atoms with Gasteiger partial charge in [0.15, 0.2) is 11.7 Å². The Kier molecular flexibility index (Phi) is 5.44. The van der Waals surface area contributed by atoms with Crippen LogP contribution in [0.15, 0.2) is 34.9 Å². The number of hydrogen-bond acceptors (Lipinski definition) is 4. The zero-order chi connectivity index (χ0) is 17.0. The van der Waals surface area contributed by atoms with E-state index in [1.54, 1.807) is 33.2 Å². The molecule has 0 atom stereocenters. The highest BCUT2D eigenvalue weighted by atomic mass is 35.5. The Balaban J connectivity index is 1.95. The molecule has 1 heterocycles. The van der Waals surface area contributed by atoms with Crippen LogP contribution in [0, 0.1) is 0 Å². The van der Waals surface area contributed by atoms with E-state index < -0.39 is 5.60 Å². The van der Waals surface area contributed by atoms with E-state index in [0.29, 0.717) is 23.1 Å². The van der Waals surface area contributed by atoms with Crippen molar-refractivity contribution in [1.82, 2.24) is 9.88 Å². The smallest absolute Gasteiger partial charge is 0.222 e. The van der Waals surface area contributed by atoms with Gasteiger partial charge in [0.1, 0.15) is 0 Å². The zero-order valence-electron chi connectivity index (χ0n) is 13.5. The number of nitrogens with zero attached hydrogens (tertiary/aromatic N) is 2. The number of carbonyl (C=O) groups is 1. The third kappa shape index (κ3) is 5.08. The Hall–Kier alpha value is -1.85. The van der Waals surface area contributed by atoms with Gasteiger partial charge < -0.3 is 14.4 Å². The summed E-state index contributed by atoms with van der Waals surface area (Å²) < 4.78 is 5.67. The van der Waals surface area contributed by atoms with Crippen molar-refractivity contribution in [1.29, 1.82) is 0 Å². The van der Waals surface area contributed by atoms with Crippen molar-refractivity contribution in [3.05, 3.63) is 41.4 Å². The Morgan fingerprint density at radius 1 is 1.39 bits per heavy atom. The molecule has 1 aromatic heterocycles. The maximum Gasteiger partial charge on any atom is 0.222 e. The second-order valence-electron chi connectivity index (χ2n) is 6.16. The van der Waals surface area contributed by atoms with Gasteiger partial charge in [0.2, 0.25) is 5.91 Å². The van der Waals surface area contributed by atoms with E-state index in [0.717, 1.165) is 5.56 Å². The lowest BCUT2D eigenvalue weighted by atomic mass is 10.1. The lowest BCUT2D eigenvalue weighted by Crippen LogP contribution is -2.39. The zero-order valence-corrected chi connectivity index (χ0v) is 14.3. The van der Waals surface area contributed by atoms with Crippen LogP contribution in [0.25, 0.3) is 11.3 Å². The van der Waals surface area contributed by atoms with Crippen LogP contribution >= 0.6 is 11.6 Å². The first kappa shape index (κ1) is 17.5. The number of rotatable bonds is 6. The molecule has 6 heteroatoms. The molecule has 5 nitrogen and oxygen atoms in total. The Morgan fingerprint density at radius 2 is 2.09 bits per heavy atom. The van der Waals surface area contributed by atoms with Gasteiger partial charge >= 0.3 is 0 Å². The van der Waals surface area contributed by atoms with Crippen LogP contribution in [0.5, 0.6) is 0 Å². The molecular weight excluding hydrogens is 316 g/mol. The summed E-state index contributed by atoms with van der Waals surface area (Å²) in [5.74, 6) is 1.01. The minimum Gasteiger partial charge on any atom is -0.441 e. The molecule has 0 saturated carbocycles. The Labute approximate surface area is 140 Å². The van der Waals surface area contributed by atoms with Crippen molar-refractivity contribution in [2.75, 3.05) is 13.6 Å². The molecule has 0 bridgehead atoms. The van der Waals surface area contributed by atoms with E-state index in [4.69, 9.17) is 16.0 Å². The quantitative estimate of drug-likeness (QED) is 0.880. The lowest BCUT2D eigenvalue weighted by molar-refractivity contribution is -0.132. The van der Waals surface area contributed by atoms with Crippen molar-refractivity contribution < 1.29 is 14.3 Å². The average molecular weight is 337 g/mol. The van der Waals surface area contributed by atoms with E-state index in [1.807, 2.05) is 18.2 Å². The number of amides is 1. The van der Waals surface area contributed by atoms with Crippen LogP contribution in [0.4, 0.5) is 0 Å². The van der Waals surface area contributed by atoms with Gasteiger partial charge in [0, 0.05) is 32.0 Å². The van der Waals surface area contributed by atoms with Gasteiger partial charge in [-0.15, -0.1) is 0 Å². The monoisotopic (exact) mass is 336 g/mol. The van der Waals surface area contributed by atoms with Gasteiger partial charge in [-0.2, -0.15) is 0 Å². The third-order valence-corrected chi connectivity index (χ3v) is 3.63. The molecule has 0 saturated heterocycles. The lowest BCUT2D eigenvalue weighted by Gasteiger charge is -2.25. The number of oxazole rings is 1. The Bertz CT molecular complexity index is 676. The van der Waals surface area contributed by atoms with Crippen molar-refractivity contribution >= 4 is 17.5 Å². The molecule has 0 radical (unpaired) electrons. The molecule has 0 aliphatic carbocycles. The molecule has 1 aromatic carbocycles. The predicted octanol–water partition coefficient (Wildman–Crippen LogP) is 3.16. The van der Waals surface area contributed by atoms with Crippen LogP contribution in [-0.2, 0) is 11.2 Å². The molecule has 0 spiro atoms. The van der Waals surface area contributed by atoms with E-state index in [2.05, 4.69) is 4.98 Å². The highest BCUT2D eigenvalue weighted by Gasteiger charge is 2.19. The number of carbonyl (C=O) groups excluding carboxylic acids is 1. The number of aromatic nitrogens is 1. The molecular formula is C17H21ClN2O3. The predicted molar refractivity (Wildman–Crippen MR) is 89.2 cm³/mol. The van der Waals surface area contributed by atoms with Crippen LogP contribution in [0.1, 0.15) is 26.2 Å². The fraction of sp³-hybridized carbons (Fsp3) is 0.412. The number of benzene rings is 1. The minimum atomic E-state index is -0.912. The highest BCUT2D eigenvalue weighted by molar-refractivity contribution is 6.33. The summed E-state index contributed by atoms with van der Waals surface area (Å²) in [6.07, 6.45) is 2.29. The largest absolute Gasteiger partial charge is 0.441 e. The van der Waals surface area contributed by atoms with Gasteiger partial charge in [-0.25, -0.2) is 4.98 Å². The maximum atomic E-state index is 12.0. The van der Waals surface area contributed by atoms with Crippen LogP contribution < -0.4 is 0 Å². The number of hydrogen-bond donors (Lipinski definition) is 1. The van der Waals surface area contributed by atoms with Gasteiger partial charge in [0.25, 0.3) is 0 Å². The fourth-order valence-electron chi connectivity index (χ4n) is 2.28. The SMILES string of the molecule is CN(CC(C)(C)O)C(=O)CCc1ncc(-c2ccccc2Cl)o1. The molecule has 1 amide bonds. The van der Waals surface area contributed by atoms with Crippen molar-refractivity contribution in [3.8, 4) is 11.3 Å². The van der Waals surface area contributed by atoms with E-state index >= 15 is 0 Å². The normalized spacial score (nSPS) is 11.5. The second-order valence-corrected chi connectivity index (χ2v) is 6.57. The molecule has 0 unspecified atom stereocenters. The summed E-state index contributed by atoms with van der Waals surface area (Å²) in [5.41, 5.74) is -0.136. The van der Waals surface area contributed by atoms with Crippen molar-refractivity contribution in [2.24, 2.45) is 0 Å². The summed E-state index contributed by atoms with van der Waals surface area (Å²) in [6, 6.07) is 7.36. The first-order chi connectivity index (χ1) is 10.8. The molecule has 23 heavy (non-hydrogen) atoms. The highest BCUT2D eigenvalue weighted by Crippen LogP contribution is 2.28. The molecule has 124 valence electrons. The summed E-state index contributed by atoms with van der Waals surface area (Å²) in [5, 5.41) is 10.3. The molecule has 0 aliphatic rings. The van der Waals surface area contributed by atoms with Crippen molar-refractivity contribution in [3.63, 3.8) is 0 Å². The number of aryl methyl sites for hydroxylation is 1. The van der Waals surface area contributed by atoms with Crippen LogP contribution in [0.2, 0.25) is 5.02 Å². The van der Waals surface area contributed by atoms with E-state index in [9.17, 15) is 9.90 Å². The van der Waals surface area contributed by atoms with Crippen molar-refractivity contribution in [2.45, 2.75) is 32.3 Å². The second kappa shape index (κ2) is 7.15. The van der Waals surface area contributed by atoms with E-state index in [-0.39, 0.29) is 18.9 Å².